The molecule has 12 heavy (non-hydrogen) atoms. The fourth-order valence-electron chi connectivity index (χ4n) is 2.00. The molecule has 0 saturated carbocycles. The average molecular weight is 268 g/mol. The van der Waals surface area contributed by atoms with E-state index in [0.29, 0.717) is 7.35 Å². The van der Waals surface area contributed by atoms with Crippen LogP contribution in [0.1, 0.15) is 0 Å². The summed E-state index contributed by atoms with van der Waals surface area (Å²) in [5.74, 6) is 0. The maximum atomic E-state index is 2.58. The molecule has 1 radical (unpaired) electrons. The third kappa shape index (κ3) is 7.03. The number of hydrogen-bond acceptors (Lipinski definition) is 0. The predicted octanol–water partition coefficient (Wildman–Crippen LogP) is 1.62. The summed E-state index contributed by atoms with van der Waals surface area (Å²) < 4.78 is 0. The smallest absolute Gasteiger partial charge is 0.0169 e. The van der Waals surface area contributed by atoms with Gasteiger partial charge in [0.05, 0.1) is 0 Å². The van der Waals surface area contributed by atoms with Gasteiger partial charge in [-0.25, -0.2) is 0 Å². The average Bonchev–Trinajstić information content (AvgIpc) is 1.59. The Hall–Kier alpha value is 1.58. The van der Waals surface area contributed by atoms with Gasteiger partial charge in [-0.15, -0.1) is 0 Å². The molecule has 73 valence electrons. The van der Waals surface area contributed by atoms with E-state index in [-0.39, 0.29) is 54.1 Å². The van der Waals surface area contributed by atoms with Crippen LogP contribution in [-0.4, -0.2) is 32.3 Å². The van der Waals surface area contributed by atoms with Gasteiger partial charge in [0.2, 0.25) is 0 Å². The van der Waals surface area contributed by atoms with Crippen molar-refractivity contribution in [2.45, 2.75) is 39.3 Å². The molecule has 0 aromatic heterocycles. The van der Waals surface area contributed by atoms with E-state index in [2.05, 4.69) is 39.3 Å². The molecule has 0 aliphatic rings. The van der Waals surface area contributed by atoms with Crippen molar-refractivity contribution in [3.8, 4) is 0 Å². The predicted molar refractivity (Wildman–Crippen MR) is 68.8 cm³/mol. The molecule has 0 unspecified atom stereocenters. The topological polar surface area (TPSA) is 0 Å². The summed E-state index contributed by atoms with van der Waals surface area (Å²) in [5.41, 5.74) is 0. The van der Waals surface area contributed by atoms with Gasteiger partial charge in [0.1, 0.15) is 0 Å². The Labute approximate surface area is 100 Å². The van der Waals surface area contributed by atoms with Gasteiger partial charge < -0.3 is 7.43 Å². The molecule has 0 fully saturated rings. The van der Waals surface area contributed by atoms with E-state index >= 15 is 0 Å². The van der Waals surface area contributed by atoms with E-state index in [0.717, 1.165) is 0 Å². The number of hydrogen-bond donors (Lipinski definition) is 0. The Morgan fingerprint density at radius 3 is 0.833 bits per heavy atom. The van der Waals surface area contributed by atoms with E-state index < -0.39 is 0 Å². The van der Waals surface area contributed by atoms with Crippen LogP contribution in [0.2, 0.25) is 39.3 Å². The molecule has 0 aromatic rings. The molecule has 0 amide bonds. The Morgan fingerprint density at radius 2 is 0.833 bits per heavy atom. The van der Waals surface area contributed by atoms with Gasteiger partial charge in [0.25, 0.3) is 0 Å². The molecule has 0 heterocycles. The summed E-state index contributed by atoms with van der Waals surface area (Å²) in [5, 5.41) is 0. The van der Waals surface area contributed by atoms with Crippen LogP contribution in [0.4, 0.5) is 0 Å². The molecular weight excluding hydrogens is 244 g/mol. The molecule has 0 aliphatic heterocycles. The van der Waals surface area contributed by atoms with Crippen LogP contribution in [0.3, 0.4) is 0 Å². The van der Waals surface area contributed by atoms with E-state index in [4.69, 9.17) is 0 Å². The van der Waals surface area contributed by atoms with Crippen LogP contribution in [-0.2, 0) is 21.7 Å². The molecule has 0 aromatic carbocycles. The normalized spacial score (nSPS) is 10.5. The first kappa shape index (κ1) is 19.2. The summed E-state index contributed by atoms with van der Waals surface area (Å²) in [6.07, 6.45) is 0. The van der Waals surface area contributed by atoms with Gasteiger partial charge in [-0.2, -0.15) is 0 Å². The standard InChI is InChI=1S/C6H21Si4.CH3.Ti/c1-7(2)10(8(3)4)9(5)6;;/h7-9H,1-6H3;1H3;/q;-1;. The van der Waals surface area contributed by atoms with Gasteiger partial charge in [-0.3, -0.25) is 0 Å². The van der Waals surface area contributed by atoms with Crippen LogP contribution >= 0.6 is 0 Å². The van der Waals surface area contributed by atoms with Crippen LogP contribution in [0.15, 0.2) is 0 Å². The molecule has 0 aliphatic carbocycles. The molecule has 0 atom stereocenters. The SMILES string of the molecule is C[SiH](C)[Si]([SiH](C)C)[SiH](C)C.[CH3-].[Ti]. The van der Waals surface area contributed by atoms with Crippen LogP contribution in [0.25, 0.3) is 0 Å². The van der Waals surface area contributed by atoms with Gasteiger partial charge in [-0.1, -0.05) is 39.3 Å². The van der Waals surface area contributed by atoms with Gasteiger partial charge >= 0.3 is 0 Å². The maximum absolute atomic E-state index is 2.58. The Kier molecular flexibility index (Phi) is 14.6. The summed E-state index contributed by atoms with van der Waals surface area (Å²) in [7, 11) is -0.207. The van der Waals surface area contributed by atoms with Gasteiger partial charge in [-0.05, 0) is 0 Å². The largest absolute Gasteiger partial charge is 0.358 e. The zero-order valence-electron chi connectivity index (χ0n) is 9.73. The fourth-order valence-corrected chi connectivity index (χ4v) is 54.0. The molecule has 0 nitrogen and oxygen atoms in total. The van der Waals surface area contributed by atoms with E-state index in [9.17, 15) is 0 Å². The molecule has 0 spiro atoms. The quantitative estimate of drug-likeness (QED) is 0.539. The van der Waals surface area contributed by atoms with E-state index in [1.807, 2.05) is 0 Å². The minimum Gasteiger partial charge on any atom is -0.358 e. The van der Waals surface area contributed by atoms with Crippen molar-refractivity contribution in [1.82, 2.24) is 0 Å². The molecule has 0 rings (SSSR count). The Bertz CT molecular complexity index is 76.4. The van der Waals surface area contributed by atoms with Crippen LogP contribution < -0.4 is 0 Å². The molecule has 5 heteroatoms. The van der Waals surface area contributed by atoms with Crippen molar-refractivity contribution < 1.29 is 21.7 Å². The second-order valence-corrected chi connectivity index (χ2v) is 34.3. The summed E-state index contributed by atoms with van der Waals surface area (Å²) in [6, 6.07) is 0. The van der Waals surface area contributed by atoms with Crippen LogP contribution in [0, 0.1) is 7.43 Å². The van der Waals surface area contributed by atoms with Gasteiger partial charge in [0.15, 0.2) is 0 Å². The fraction of sp³-hybridized carbons (Fsp3) is 0.857. The molecule has 0 N–H and O–H groups in total. The van der Waals surface area contributed by atoms with E-state index in [1.165, 1.54) is 0 Å². The summed E-state index contributed by atoms with van der Waals surface area (Å²) >= 11 is 0. The monoisotopic (exact) mass is 268 g/mol. The molecular formula is C7H24Si4Ti-. The van der Waals surface area contributed by atoms with Crippen molar-refractivity contribution in [2.24, 2.45) is 0 Å². The van der Waals surface area contributed by atoms with Crippen LogP contribution in [0.5, 0.6) is 0 Å². The Balaban J connectivity index is -0.000000405. The number of rotatable bonds is 3. The van der Waals surface area contributed by atoms with E-state index in [1.54, 1.807) is 0 Å². The molecule has 0 saturated heterocycles. The third-order valence-electron chi connectivity index (χ3n) is 2.00. The first-order chi connectivity index (χ1) is 4.46. The van der Waals surface area contributed by atoms with Crippen molar-refractivity contribution in [3.63, 3.8) is 0 Å². The van der Waals surface area contributed by atoms with Gasteiger partial charge in [0, 0.05) is 54.0 Å². The zero-order chi connectivity index (χ0) is 8.31. The molecule has 0 bridgehead atoms. The minimum absolute atomic E-state index is 0. The Morgan fingerprint density at radius 1 is 0.667 bits per heavy atom. The van der Waals surface area contributed by atoms with Crippen molar-refractivity contribution in [2.75, 3.05) is 0 Å². The summed E-state index contributed by atoms with van der Waals surface area (Å²) in [6.45, 7) is 15.5. The minimum atomic E-state index is -0.176. The second kappa shape index (κ2) is 9.15. The van der Waals surface area contributed by atoms with Crippen molar-refractivity contribution in [3.05, 3.63) is 7.43 Å². The first-order valence-electron chi connectivity index (χ1n) is 4.33. The van der Waals surface area contributed by atoms with Crippen molar-refractivity contribution >= 4 is 32.3 Å². The first-order valence-corrected chi connectivity index (χ1v) is 18.2. The summed E-state index contributed by atoms with van der Waals surface area (Å²) in [4.78, 5) is 0. The second-order valence-electron chi connectivity index (χ2n) is 3.96. The maximum Gasteiger partial charge on any atom is 0.0169 e. The van der Waals surface area contributed by atoms with Crippen molar-refractivity contribution in [1.29, 1.82) is 0 Å². The zero-order valence-corrected chi connectivity index (χ0v) is 15.8. The third-order valence-corrected chi connectivity index (χ3v) is 54.0.